The molecule has 1 aliphatic rings. The van der Waals surface area contributed by atoms with E-state index in [9.17, 15) is 8.42 Å². The van der Waals surface area contributed by atoms with Gasteiger partial charge in [-0.3, -0.25) is 0 Å². The molecule has 0 fully saturated rings. The zero-order chi connectivity index (χ0) is 10.3. The van der Waals surface area contributed by atoms with E-state index in [1.807, 2.05) is 6.07 Å². The van der Waals surface area contributed by atoms with Gasteiger partial charge in [0.1, 0.15) is 0 Å². The van der Waals surface area contributed by atoms with E-state index >= 15 is 0 Å². The predicted octanol–water partition coefficient (Wildman–Crippen LogP) is 1.63. The third kappa shape index (κ3) is 1.60. The summed E-state index contributed by atoms with van der Waals surface area (Å²) in [4.78, 5) is 0.380. The van der Waals surface area contributed by atoms with Crippen LogP contribution in [0.15, 0.2) is 27.6 Å². The Morgan fingerprint density at radius 3 is 2.86 bits per heavy atom. The number of hydrogen-bond donors (Lipinski definition) is 1. The molecule has 0 spiro atoms. The van der Waals surface area contributed by atoms with Crippen LogP contribution in [-0.4, -0.2) is 14.2 Å². The summed E-state index contributed by atoms with van der Waals surface area (Å²) in [5, 5.41) is 0. The van der Waals surface area contributed by atoms with Crippen molar-refractivity contribution in [3.8, 4) is 0 Å². The van der Waals surface area contributed by atoms with E-state index in [0.29, 0.717) is 11.3 Å². The Morgan fingerprint density at radius 2 is 2.14 bits per heavy atom. The van der Waals surface area contributed by atoms with Gasteiger partial charge in [-0.2, -0.15) is 0 Å². The summed E-state index contributed by atoms with van der Waals surface area (Å²) >= 11 is 3.26. The van der Waals surface area contributed by atoms with Crippen molar-refractivity contribution >= 4 is 25.8 Å². The van der Waals surface area contributed by atoms with E-state index in [1.54, 1.807) is 12.1 Å². The van der Waals surface area contributed by atoms with Gasteiger partial charge in [0.25, 0.3) is 0 Å². The molecule has 0 bridgehead atoms. The number of fused-ring (bicyclic) bond motifs is 1. The van der Waals surface area contributed by atoms with Crippen LogP contribution < -0.4 is 5.73 Å². The minimum absolute atomic E-state index is 0.150. The molecule has 1 aliphatic heterocycles. The second-order valence-corrected chi connectivity index (χ2v) is 6.39. The minimum atomic E-state index is -3.11. The molecule has 0 aromatic heterocycles. The first-order chi connectivity index (χ1) is 6.50. The molecule has 1 aromatic rings. The summed E-state index contributed by atoms with van der Waals surface area (Å²) < 4.78 is 24.2. The van der Waals surface area contributed by atoms with Crippen LogP contribution in [-0.2, 0) is 9.84 Å². The van der Waals surface area contributed by atoms with Gasteiger partial charge in [0.2, 0.25) is 0 Å². The molecule has 76 valence electrons. The van der Waals surface area contributed by atoms with E-state index in [4.69, 9.17) is 5.73 Å². The molecule has 0 saturated carbocycles. The lowest BCUT2D eigenvalue weighted by molar-refractivity contribution is 0.568. The van der Waals surface area contributed by atoms with Crippen molar-refractivity contribution in [2.75, 3.05) is 5.75 Å². The predicted molar refractivity (Wildman–Crippen MR) is 57.7 cm³/mol. The van der Waals surface area contributed by atoms with Crippen molar-refractivity contribution in [2.45, 2.75) is 17.4 Å². The summed E-state index contributed by atoms with van der Waals surface area (Å²) in [6.45, 7) is 0. The molecule has 1 atom stereocenters. The van der Waals surface area contributed by atoms with Crippen LogP contribution >= 0.6 is 15.9 Å². The fourth-order valence-corrected chi connectivity index (χ4v) is 3.81. The number of halogens is 1. The molecule has 14 heavy (non-hydrogen) atoms. The first-order valence-electron chi connectivity index (χ1n) is 4.28. The molecule has 0 radical (unpaired) electrons. The Labute approximate surface area is 91.4 Å². The molecule has 0 amide bonds. The Bertz CT molecular complexity index is 470. The number of sulfone groups is 1. The third-order valence-electron chi connectivity index (χ3n) is 2.41. The molecular weight excluding hydrogens is 266 g/mol. The molecule has 1 heterocycles. The maximum atomic E-state index is 11.7. The van der Waals surface area contributed by atoms with Crippen molar-refractivity contribution in [3.63, 3.8) is 0 Å². The van der Waals surface area contributed by atoms with Crippen LogP contribution in [0.2, 0.25) is 0 Å². The molecule has 0 saturated heterocycles. The maximum Gasteiger partial charge on any atom is 0.178 e. The van der Waals surface area contributed by atoms with Crippen LogP contribution in [0, 0.1) is 0 Å². The lowest BCUT2D eigenvalue weighted by Gasteiger charge is -2.22. The Kier molecular flexibility index (Phi) is 2.41. The quantitative estimate of drug-likeness (QED) is 0.783. The summed E-state index contributed by atoms with van der Waals surface area (Å²) in [6, 6.07) is 5.07. The summed E-state index contributed by atoms with van der Waals surface area (Å²) in [5.74, 6) is 0.150. The van der Waals surface area contributed by atoms with E-state index < -0.39 is 9.84 Å². The maximum absolute atomic E-state index is 11.7. The molecule has 2 N–H and O–H groups in total. The summed E-state index contributed by atoms with van der Waals surface area (Å²) in [6.07, 6.45) is 0.511. The lowest BCUT2D eigenvalue weighted by atomic mass is 10.1. The van der Waals surface area contributed by atoms with Gasteiger partial charge in [-0.1, -0.05) is 22.0 Å². The standard InChI is InChI=1S/C9H10BrNO2S/c10-6-1-2-7-8(11)3-4-14(12,13)9(7)5-6/h1-2,5,8H,3-4,11H2/t8-/m0/s1. The van der Waals surface area contributed by atoms with Crippen LogP contribution in [0.1, 0.15) is 18.0 Å². The molecular formula is C9H10BrNO2S. The first kappa shape index (κ1) is 10.1. The number of hydrogen-bond acceptors (Lipinski definition) is 3. The fourth-order valence-electron chi connectivity index (χ4n) is 1.63. The van der Waals surface area contributed by atoms with Gasteiger partial charge in [-0.05, 0) is 24.1 Å². The Balaban J connectivity index is 2.70. The molecule has 5 heteroatoms. The fraction of sp³-hybridized carbons (Fsp3) is 0.333. The molecule has 3 nitrogen and oxygen atoms in total. The van der Waals surface area contributed by atoms with Crippen molar-refractivity contribution in [1.82, 2.24) is 0 Å². The van der Waals surface area contributed by atoms with E-state index in [0.717, 1.165) is 10.0 Å². The van der Waals surface area contributed by atoms with Gasteiger partial charge in [0.05, 0.1) is 10.6 Å². The van der Waals surface area contributed by atoms with Gasteiger partial charge in [0.15, 0.2) is 9.84 Å². The minimum Gasteiger partial charge on any atom is -0.324 e. The average Bonchev–Trinajstić information content (AvgIpc) is 2.12. The average molecular weight is 276 g/mol. The largest absolute Gasteiger partial charge is 0.324 e. The van der Waals surface area contributed by atoms with Crippen LogP contribution in [0.3, 0.4) is 0 Å². The highest BCUT2D eigenvalue weighted by Crippen LogP contribution is 2.32. The monoisotopic (exact) mass is 275 g/mol. The topological polar surface area (TPSA) is 60.2 Å². The Hall–Kier alpha value is -0.390. The summed E-state index contributed by atoms with van der Waals surface area (Å²) in [7, 11) is -3.11. The van der Waals surface area contributed by atoms with Gasteiger partial charge >= 0.3 is 0 Å². The van der Waals surface area contributed by atoms with E-state index in [1.165, 1.54) is 0 Å². The highest BCUT2D eigenvalue weighted by Gasteiger charge is 2.28. The SMILES string of the molecule is N[C@H]1CCS(=O)(=O)c2cc(Br)ccc21. The molecule has 0 unspecified atom stereocenters. The van der Waals surface area contributed by atoms with Crippen molar-refractivity contribution in [1.29, 1.82) is 0 Å². The van der Waals surface area contributed by atoms with E-state index in [-0.39, 0.29) is 11.8 Å². The van der Waals surface area contributed by atoms with E-state index in [2.05, 4.69) is 15.9 Å². The second-order valence-electron chi connectivity index (χ2n) is 3.40. The van der Waals surface area contributed by atoms with Crippen LogP contribution in [0.5, 0.6) is 0 Å². The van der Waals surface area contributed by atoms with Gasteiger partial charge in [0, 0.05) is 10.5 Å². The first-order valence-corrected chi connectivity index (χ1v) is 6.73. The highest BCUT2D eigenvalue weighted by molar-refractivity contribution is 9.10. The lowest BCUT2D eigenvalue weighted by Crippen LogP contribution is -2.24. The smallest absolute Gasteiger partial charge is 0.178 e. The van der Waals surface area contributed by atoms with Crippen LogP contribution in [0.25, 0.3) is 0 Å². The van der Waals surface area contributed by atoms with Crippen LogP contribution in [0.4, 0.5) is 0 Å². The second kappa shape index (κ2) is 3.32. The van der Waals surface area contributed by atoms with Gasteiger partial charge < -0.3 is 5.73 Å². The normalized spacial score (nSPS) is 24.3. The van der Waals surface area contributed by atoms with Gasteiger partial charge in [-0.25, -0.2) is 8.42 Å². The Morgan fingerprint density at radius 1 is 1.43 bits per heavy atom. The van der Waals surface area contributed by atoms with Gasteiger partial charge in [-0.15, -0.1) is 0 Å². The molecule has 2 rings (SSSR count). The molecule has 0 aliphatic carbocycles. The zero-order valence-corrected chi connectivity index (χ0v) is 9.81. The molecule has 1 aromatic carbocycles. The number of rotatable bonds is 0. The highest BCUT2D eigenvalue weighted by atomic mass is 79.9. The van der Waals surface area contributed by atoms with Crippen molar-refractivity contribution < 1.29 is 8.42 Å². The third-order valence-corrected chi connectivity index (χ3v) is 4.70. The van der Waals surface area contributed by atoms with Crippen molar-refractivity contribution in [3.05, 3.63) is 28.2 Å². The summed E-state index contributed by atoms with van der Waals surface area (Å²) in [5.41, 5.74) is 6.57. The number of nitrogens with two attached hydrogens (primary N) is 1. The zero-order valence-electron chi connectivity index (χ0n) is 7.40. The number of benzene rings is 1. The van der Waals surface area contributed by atoms with Crippen molar-refractivity contribution in [2.24, 2.45) is 5.73 Å².